The minimum atomic E-state index is 0.0318. The van der Waals surface area contributed by atoms with Crippen LogP contribution in [0, 0.1) is 0 Å². The molecular formula is C23H21N3O2. The van der Waals surface area contributed by atoms with Gasteiger partial charge in [0.2, 0.25) is 0 Å². The zero-order valence-corrected chi connectivity index (χ0v) is 15.7. The van der Waals surface area contributed by atoms with E-state index in [1.165, 1.54) is 16.5 Å². The monoisotopic (exact) mass is 371 g/mol. The zero-order valence-electron chi connectivity index (χ0n) is 15.7. The molecule has 0 saturated heterocycles. The van der Waals surface area contributed by atoms with E-state index in [2.05, 4.69) is 40.4 Å². The molecule has 1 amide bonds. The van der Waals surface area contributed by atoms with Crippen molar-refractivity contribution < 1.29 is 9.53 Å². The van der Waals surface area contributed by atoms with Crippen LogP contribution in [0.2, 0.25) is 0 Å². The molecule has 5 rings (SSSR count). The number of para-hydroxylation sites is 1. The molecule has 4 aromatic rings. The van der Waals surface area contributed by atoms with Crippen molar-refractivity contribution in [3.05, 3.63) is 72.1 Å². The highest BCUT2D eigenvalue weighted by molar-refractivity contribution is 5.99. The molecule has 1 aliphatic heterocycles. The minimum absolute atomic E-state index is 0.0318. The molecule has 28 heavy (non-hydrogen) atoms. The molecular weight excluding hydrogens is 350 g/mol. The Hall–Kier alpha value is -3.47. The van der Waals surface area contributed by atoms with Crippen LogP contribution in [-0.2, 0) is 0 Å². The lowest BCUT2D eigenvalue weighted by molar-refractivity contribution is 0.0768. The number of amides is 1. The Kier molecular flexibility index (Phi) is 3.93. The van der Waals surface area contributed by atoms with Crippen molar-refractivity contribution in [2.45, 2.75) is 6.42 Å². The molecule has 140 valence electrons. The largest absolute Gasteiger partial charge is 0.497 e. The molecule has 0 saturated carbocycles. The molecule has 0 aliphatic carbocycles. The number of methoxy groups -OCH3 is 1. The maximum Gasteiger partial charge on any atom is 0.270 e. The van der Waals surface area contributed by atoms with E-state index >= 15 is 0 Å². The Labute approximate surface area is 162 Å². The van der Waals surface area contributed by atoms with Gasteiger partial charge in [0.25, 0.3) is 5.91 Å². The number of benzene rings is 2. The second-order valence-electron chi connectivity index (χ2n) is 7.11. The summed E-state index contributed by atoms with van der Waals surface area (Å²) in [7, 11) is 1.64. The standard InChI is InChI=1S/C23H21N3O2/c1-28-17-7-6-16-12-22(25-21(16)13-17)23(27)26-10-8-15(9-11-26)19-14-24-20-5-3-2-4-18(19)20/h2-8,12-14,24-25H,9-11H2,1H3. The van der Waals surface area contributed by atoms with Gasteiger partial charge in [-0.25, -0.2) is 0 Å². The van der Waals surface area contributed by atoms with Gasteiger partial charge in [-0.05, 0) is 36.3 Å². The van der Waals surface area contributed by atoms with Crippen molar-refractivity contribution in [2.75, 3.05) is 20.2 Å². The van der Waals surface area contributed by atoms with Gasteiger partial charge in [0.1, 0.15) is 11.4 Å². The number of aromatic amines is 2. The number of nitrogens with one attached hydrogen (secondary N) is 2. The topological polar surface area (TPSA) is 61.1 Å². The number of ether oxygens (including phenoxy) is 1. The number of fused-ring (bicyclic) bond motifs is 2. The number of aromatic nitrogens is 2. The number of carbonyl (C=O) groups excluding carboxylic acids is 1. The fraction of sp³-hybridized carbons (Fsp3) is 0.174. The third kappa shape index (κ3) is 2.76. The normalized spacial score (nSPS) is 14.5. The molecule has 0 radical (unpaired) electrons. The quantitative estimate of drug-likeness (QED) is 0.553. The van der Waals surface area contributed by atoms with Crippen molar-refractivity contribution in [2.24, 2.45) is 0 Å². The highest BCUT2D eigenvalue weighted by Crippen LogP contribution is 2.30. The maximum absolute atomic E-state index is 13.0. The molecule has 0 bridgehead atoms. The Bertz CT molecular complexity index is 1220. The number of hydrogen-bond acceptors (Lipinski definition) is 2. The maximum atomic E-state index is 13.0. The van der Waals surface area contributed by atoms with Gasteiger partial charge in [-0.15, -0.1) is 0 Å². The van der Waals surface area contributed by atoms with Gasteiger partial charge >= 0.3 is 0 Å². The zero-order chi connectivity index (χ0) is 19.1. The van der Waals surface area contributed by atoms with E-state index in [-0.39, 0.29) is 5.91 Å². The van der Waals surface area contributed by atoms with Gasteiger partial charge < -0.3 is 19.6 Å². The Balaban J connectivity index is 1.38. The van der Waals surface area contributed by atoms with Crippen molar-refractivity contribution in [3.8, 4) is 5.75 Å². The van der Waals surface area contributed by atoms with E-state index in [0.29, 0.717) is 18.8 Å². The number of nitrogens with zero attached hydrogens (tertiary/aromatic N) is 1. The highest BCUT2D eigenvalue weighted by atomic mass is 16.5. The molecule has 3 heterocycles. The Morgan fingerprint density at radius 2 is 2.00 bits per heavy atom. The Morgan fingerprint density at radius 3 is 2.82 bits per heavy atom. The second-order valence-corrected chi connectivity index (χ2v) is 7.11. The summed E-state index contributed by atoms with van der Waals surface area (Å²) in [5.41, 5.74) is 5.20. The van der Waals surface area contributed by atoms with Gasteiger partial charge in [-0.3, -0.25) is 4.79 Å². The lowest BCUT2D eigenvalue weighted by Gasteiger charge is -2.26. The molecule has 0 spiro atoms. The summed E-state index contributed by atoms with van der Waals surface area (Å²) < 4.78 is 5.26. The second kappa shape index (κ2) is 6.60. The van der Waals surface area contributed by atoms with Crippen LogP contribution in [0.5, 0.6) is 5.75 Å². The molecule has 2 aromatic heterocycles. The summed E-state index contributed by atoms with van der Waals surface area (Å²) in [6.07, 6.45) is 5.09. The number of H-pyrrole nitrogens is 2. The molecule has 0 atom stereocenters. The van der Waals surface area contributed by atoms with E-state index < -0.39 is 0 Å². The minimum Gasteiger partial charge on any atom is -0.497 e. The predicted molar refractivity (Wildman–Crippen MR) is 112 cm³/mol. The van der Waals surface area contributed by atoms with Gasteiger partial charge in [-0.2, -0.15) is 0 Å². The van der Waals surface area contributed by atoms with Crippen molar-refractivity contribution in [1.82, 2.24) is 14.9 Å². The van der Waals surface area contributed by atoms with Crippen LogP contribution in [-0.4, -0.2) is 41.0 Å². The van der Waals surface area contributed by atoms with Crippen molar-refractivity contribution in [3.63, 3.8) is 0 Å². The third-order valence-electron chi connectivity index (χ3n) is 5.49. The molecule has 2 aromatic carbocycles. The number of rotatable bonds is 3. The van der Waals surface area contributed by atoms with Crippen LogP contribution in [0.15, 0.2) is 60.8 Å². The van der Waals surface area contributed by atoms with Crippen LogP contribution in [0.4, 0.5) is 0 Å². The van der Waals surface area contributed by atoms with Gasteiger partial charge in [0.15, 0.2) is 0 Å². The lowest BCUT2D eigenvalue weighted by atomic mass is 9.99. The van der Waals surface area contributed by atoms with E-state index in [1.54, 1.807) is 7.11 Å². The summed E-state index contributed by atoms with van der Waals surface area (Å²) in [5, 5.41) is 2.24. The third-order valence-corrected chi connectivity index (χ3v) is 5.49. The van der Waals surface area contributed by atoms with Crippen LogP contribution >= 0.6 is 0 Å². The molecule has 0 fully saturated rings. The highest BCUT2D eigenvalue weighted by Gasteiger charge is 2.21. The lowest BCUT2D eigenvalue weighted by Crippen LogP contribution is -2.34. The van der Waals surface area contributed by atoms with Crippen LogP contribution in [0.3, 0.4) is 0 Å². The molecule has 1 aliphatic rings. The SMILES string of the molecule is COc1ccc2cc(C(=O)N3CC=C(c4c[nH]c5ccccc45)CC3)[nH]c2c1. The van der Waals surface area contributed by atoms with Gasteiger partial charge in [-0.1, -0.05) is 24.3 Å². The van der Waals surface area contributed by atoms with Gasteiger partial charge in [0.05, 0.1) is 7.11 Å². The predicted octanol–water partition coefficient (Wildman–Crippen LogP) is 4.59. The molecule has 0 unspecified atom stereocenters. The van der Waals surface area contributed by atoms with E-state index in [9.17, 15) is 4.79 Å². The van der Waals surface area contributed by atoms with Crippen molar-refractivity contribution in [1.29, 1.82) is 0 Å². The Morgan fingerprint density at radius 1 is 1.11 bits per heavy atom. The summed E-state index contributed by atoms with van der Waals surface area (Å²) in [4.78, 5) is 21.4. The molecule has 2 N–H and O–H groups in total. The first-order valence-corrected chi connectivity index (χ1v) is 9.44. The van der Waals surface area contributed by atoms with Crippen LogP contribution < -0.4 is 4.74 Å². The van der Waals surface area contributed by atoms with Gasteiger partial charge in [0, 0.05) is 52.7 Å². The first kappa shape index (κ1) is 16.7. The summed E-state index contributed by atoms with van der Waals surface area (Å²) >= 11 is 0. The average molecular weight is 371 g/mol. The fourth-order valence-corrected chi connectivity index (χ4v) is 3.95. The van der Waals surface area contributed by atoms with Crippen molar-refractivity contribution >= 4 is 33.3 Å². The average Bonchev–Trinajstić information content (AvgIpc) is 3.37. The van der Waals surface area contributed by atoms with Crippen LogP contribution in [0.25, 0.3) is 27.4 Å². The first-order chi connectivity index (χ1) is 13.7. The summed E-state index contributed by atoms with van der Waals surface area (Å²) in [5.74, 6) is 0.807. The van der Waals surface area contributed by atoms with Crippen LogP contribution in [0.1, 0.15) is 22.5 Å². The van der Waals surface area contributed by atoms with E-state index in [4.69, 9.17) is 4.74 Å². The fourth-order valence-electron chi connectivity index (χ4n) is 3.95. The summed E-state index contributed by atoms with van der Waals surface area (Å²) in [6, 6.07) is 16.0. The van der Waals surface area contributed by atoms with E-state index in [1.807, 2.05) is 35.2 Å². The number of carbonyl (C=O) groups is 1. The molecule has 5 nitrogen and oxygen atoms in total. The molecule has 5 heteroatoms. The van der Waals surface area contributed by atoms with E-state index in [0.717, 1.165) is 28.6 Å². The smallest absolute Gasteiger partial charge is 0.270 e. The summed E-state index contributed by atoms with van der Waals surface area (Å²) in [6.45, 7) is 1.33. The number of hydrogen-bond donors (Lipinski definition) is 2. The first-order valence-electron chi connectivity index (χ1n) is 9.44.